The summed E-state index contributed by atoms with van der Waals surface area (Å²) in [5.41, 5.74) is 1.30. The van der Waals surface area contributed by atoms with Crippen molar-refractivity contribution in [3.8, 4) is 0 Å². The Kier molecular flexibility index (Phi) is 3.74. The van der Waals surface area contributed by atoms with Gasteiger partial charge in [0.2, 0.25) is 0 Å². The van der Waals surface area contributed by atoms with Crippen LogP contribution in [0.4, 0.5) is 0 Å². The Morgan fingerprint density at radius 1 is 1.41 bits per heavy atom. The van der Waals surface area contributed by atoms with Crippen molar-refractivity contribution in [1.29, 1.82) is 0 Å². The highest BCUT2D eigenvalue weighted by molar-refractivity contribution is 8.01. The van der Waals surface area contributed by atoms with Crippen LogP contribution in [0.1, 0.15) is 12.5 Å². The van der Waals surface area contributed by atoms with E-state index in [9.17, 15) is 4.79 Å². The molecule has 4 heteroatoms. The molecule has 0 radical (unpaired) electrons. The molecular weight excluding hydrogens is 236 g/mol. The van der Waals surface area contributed by atoms with Gasteiger partial charge in [-0.1, -0.05) is 19.1 Å². The van der Waals surface area contributed by atoms with Crippen LogP contribution in [0.3, 0.4) is 0 Å². The van der Waals surface area contributed by atoms with E-state index < -0.39 is 4.75 Å². The molecule has 1 aromatic rings. The molecule has 1 saturated heterocycles. The summed E-state index contributed by atoms with van der Waals surface area (Å²) < 4.78 is 9.45. The lowest BCUT2D eigenvalue weighted by atomic mass is 10.1. The standard InChI is InChI=1S/C13H16O3S/c1-3-10-4-6-11(7-5-10)17-13(8-16-9-13)12(14)15-2/h4-7H,3,8-9H2,1-2H3. The average Bonchev–Trinajstić information content (AvgIpc) is 2.33. The molecule has 0 atom stereocenters. The van der Waals surface area contributed by atoms with Crippen molar-refractivity contribution in [2.24, 2.45) is 0 Å². The summed E-state index contributed by atoms with van der Waals surface area (Å²) in [5.74, 6) is -0.201. The molecule has 0 N–H and O–H groups in total. The third-order valence-electron chi connectivity index (χ3n) is 2.87. The molecule has 1 aliphatic heterocycles. The van der Waals surface area contributed by atoms with Gasteiger partial charge in [-0.25, -0.2) is 0 Å². The normalized spacial score (nSPS) is 17.3. The second-order valence-electron chi connectivity index (χ2n) is 4.08. The number of carbonyl (C=O) groups is 1. The number of esters is 1. The first kappa shape index (κ1) is 12.5. The first-order chi connectivity index (χ1) is 8.20. The van der Waals surface area contributed by atoms with Gasteiger partial charge in [0.1, 0.15) is 0 Å². The largest absolute Gasteiger partial charge is 0.468 e. The zero-order chi connectivity index (χ0) is 12.3. The maximum Gasteiger partial charge on any atom is 0.327 e. The number of thioether (sulfide) groups is 1. The third kappa shape index (κ3) is 2.48. The summed E-state index contributed by atoms with van der Waals surface area (Å²) in [6.45, 7) is 2.98. The Bertz CT molecular complexity index is 396. The van der Waals surface area contributed by atoms with Crippen molar-refractivity contribution < 1.29 is 14.3 Å². The maximum atomic E-state index is 11.7. The molecule has 3 nitrogen and oxygen atoms in total. The van der Waals surface area contributed by atoms with Gasteiger partial charge in [0, 0.05) is 4.90 Å². The number of benzene rings is 1. The molecule has 92 valence electrons. The van der Waals surface area contributed by atoms with E-state index in [1.165, 1.54) is 24.4 Å². The van der Waals surface area contributed by atoms with Gasteiger partial charge in [0.25, 0.3) is 0 Å². The lowest BCUT2D eigenvalue weighted by Gasteiger charge is -2.37. The molecule has 0 saturated carbocycles. The molecule has 1 heterocycles. The number of aryl methyl sites for hydroxylation is 1. The lowest BCUT2D eigenvalue weighted by molar-refractivity contribution is -0.155. The Hall–Kier alpha value is -1.00. The molecule has 1 aromatic carbocycles. The number of rotatable bonds is 4. The number of hydrogen-bond acceptors (Lipinski definition) is 4. The van der Waals surface area contributed by atoms with Crippen molar-refractivity contribution in [2.75, 3.05) is 20.3 Å². The minimum Gasteiger partial charge on any atom is -0.468 e. The molecule has 1 aliphatic rings. The van der Waals surface area contributed by atoms with Gasteiger partial charge in [-0.05, 0) is 24.1 Å². The first-order valence-corrected chi connectivity index (χ1v) is 6.46. The number of methoxy groups -OCH3 is 1. The van der Waals surface area contributed by atoms with Gasteiger partial charge in [-0.3, -0.25) is 4.79 Å². The van der Waals surface area contributed by atoms with Crippen LogP contribution in [-0.4, -0.2) is 31.0 Å². The van der Waals surface area contributed by atoms with Gasteiger partial charge in [0.15, 0.2) is 4.75 Å². The van der Waals surface area contributed by atoms with Crippen molar-refractivity contribution >= 4 is 17.7 Å². The Morgan fingerprint density at radius 2 is 2.06 bits per heavy atom. The predicted molar refractivity (Wildman–Crippen MR) is 67.2 cm³/mol. The number of ether oxygens (including phenoxy) is 2. The molecule has 0 aromatic heterocycles. The van der Waals surface area contributed by atoms with Crippen molar-refractivity contribution in [2.45, 2.75) is 23.0 Å². The summed E-state index contributed by atoms with van der Waals surface area (Å²) in [5, 5.41) is 0. The molecule has 0 aliphatic carbocycles. The molecule has 2 rings (SSSR count). The van der Waals surface area contributed by atoms with Crippen molar-refractivity contribution in [3.05, 3.63) is 29.8 Å². The molecule has 1 fully saturated rings. The second kappa shape index (κ2) is 5.10. The SMILES string of the molecule is CCc1ccc(SC2(C(=O)OC)COC2)cc1. The van der Waals surface area contributed by atoms with E-state index >= 15 is 0 Å². The fourth-order valence-corrected chi connectivity index (χ4v) is 2.89. The average molecular weight is 252 g/mol. The van der Waals surface area contributed by atoms with E-state index in [0.29, 0.717) is 13.2 Å². The highest BCUT2D eigenvalue weighted by Gasteiger charge is 2.48. The zero-order valence-electron chi connectivity index (χ0n) is 10.1. The van der Waals surface area contributed by atoms with Crippen LogP contribution in [0, 0.1) is 0 Å². The van der Waals surface area contributed by atoms with Crippen LogP contribution in [0.25, 0.3) is 0 Å². The van der Waals surface area contributed by atoms with Crippen LogP contribution in [-0.2, 0) is 20.7 Å². The summed E-state index contributed by atoms with van der Waals surface area (Å²) in [4.78, 5) is 12.8. The van der Waals surface area contributed by atoms with E-state index in [0.717, 1.165) is 11.3 Å². The summed E-state index contributed by atoms with van der Waals surface area (Å²) in [7, 11) is 1.42. The highest BCUT2D eigenvalue weighted by atomic mass is 32.2. The Morgan fingerprint density at radius 3 is 2.47 bits per heavy atom. The molecule has 0 spiro atoms. The number of carbonyl (C=O) groups excluding carboxylic acids is 1. The second-order valence-corrected chi connectivity index (χ2v) is 5.54. The van der Waals surface area contributed by atoms with Gasteiger partial charge < -0.3 is 9.47 Å². The van der Waals surface area contributed by atoms with Crippen molar-refractivity contribution in [3.63, 3.8) is 0 Å². The minimum absolute atomic E-state index is 0.201. The Balaban J connectivity index is 2.10. The number of hydrogen-bond donors (Lipinski definition) is 0. The van der Waals surface area contributed by atoms with Crippen LogP contribution in [0.5, 0.6) is 0 Å². The quantitative estimate of drug-likeness (QED) is 0.770. The predicted octanol–water partition coefficient (Wildman–Crippen LogP) is 2.28. The van der Waals surface area contributed by atoms with E-state index in [4.69, 9.17) is 9.47 Å². The van der Waals surface area contributed by atoms with Crippen molar-refractivity contribution in [1.82, 2.24) is 0 Å². The lowest BCUT2D eigenvalue weighted by Crippen LogP contribution is -2.53. The topological polar surface area (TPSA) is 35.5 Å². The van der Waals surface area contributed by atoms with E-state index in [1.54, 1.807) is 0 Å². The molecule has 17 heavy (non-hydrogen) atoms. The van der Waals surface area contributed by atoms with Gasteiger partial charge in [0.05, 0.1) is 20.3 Å². The monoisotopic (exact) mass is 252 g/mol. The molecule has 0 unspecified atom stereocenters. The van der Waals surface area contributed by atoms with E-state index in [1.807, 2.05) is 12.1 Å². The summed E-state index contributed by atoms with van der Waals surface area (Å²) in [6.07, 6.45) is 1.02. The maximum absolute atomic E-state index is 11.7. The van der Waals surface area contributed by atoms with E-state index in [-0.39, 0.29) is 5.97 Å². The zero-order valence-corrected chi connectivity index (χ0v) is 10.9. The van der Waals surface area contributed by atoms with Crippen LogP contribution >= 0.6 is 11.8 Å². The Labute approximate surface area is 105 Å². The fraction of sp³-hybridized carbons (Fsp3) is 0.462. The third-order valence-corrected chi connectivity index (χ3v) is 4.17. The van der Waals surface area contributed by atoms with Gasteiger partial charge in [-0.2, -0.15) is 0 Å². The highest BCUT2D eigenvalue weighted by Crippen LogP contribution is 2.39. The summed E-state index contributed by atoms with van der Waals surface area (Å²) >= 11 is 1.53. The summed E-state index contributed by atoms with van der Waals surface area (Å²) in [6, 6.07) is 8.28. The van der Waals surface area contributed by atoms with Crippen LogP contribution < -0.4 is 0 Å². The smallest absolute Gasteiger partial charge is 0.327 e. The van der Waals surface area contributed by atoms with Gasteiger partial charge in [-0.15, -0.1) is 11.8 Å². The molecule has 0 bridgehead atoms. The van der Waals surface area contributed by atoms with Crippen LogP contribution in [0.2, 0.25) is 0 Å². The van der Waals surface area contributed by atoms with Crippen LogP contribution in [0.15, 0.2) is 29.2 Å². The molecular formula is C13H16O3S. The first-order valence-electron chi connectivity index (χ1n) is 5.64. The van der Waals surface area contributed by atoms with E-state index in [2.05, 4.69) is 19.1 Å². The molecule has 0 amide bonds. The fourth-order valence-electron chi connectivity index (χ4n) is 1.71. The minimum atomic E-state index is -0.539. The van der Waals surface area contributed by atoms with Gasteiger partial charge >= 0.3 is 5.97 Å².